The van der Waals surface area contributed by atoms with Gasteiger partial charge in [0, 0.05) is 7.05 Å². The highest BCUT2D eigenvalue weighted by Gasteiger charge is 1.96. The van der Waals surface area contributed by atoms with E-state index in [-0.39, 0.29) is 5.91 Å². The molecule has 60 valence electrons. The third-order valence-electron chi connectivity index (χ3n) is 0.948. The van der Waals surface area contributed by atoms with Crippen molar-refractivity contribution in [2.45, 2.75) is 6.92 Å². The van der Waals surface area contributed by atoms with Crippen LogP contribution in [0.2, 0.25) is 0 Å². The Morgan fingerprint density at radius 2 is 2.45 bits per heavy atom. The normalized spacial score (nSPS) is 10.0. The number of amides is 1. The minimum atomic E-state index is -0.162. The fourth-order valence-corrected chi connectivity index (χ4v) is 0.553. The first-order chi connectivity index (χ1) is 5.20. The summed E-state index contributed by atoms with van der Waals surface area (Å²) in [6.45, 7) is 2.18. The number of allylic oxidation sites excluding steroid dienone is 1. The number of carbonyl (C=O) groups excluding carboxylic acids is 1. The zero-order valence-corrected chi connectivity index (χ0v) is 6.79. The van der Waals surface area contributed by atoms with E-state index in [2.05, 4.69) is 11.3 Å². The maximum absolute atomic E-state index is 10.8. The first kappa shape index (κ1) is 9.73. The molecule has 3 nitrogen and oxygen atoms in total. The molecule has 0 aromatic heterocycles. The molecule has 0 aliphatic heterocycles. The Hall–Kier alpha value is -1.27. The lowest BCUT2D eigenvalue weighted by Crippen LogP contribution is -2.38. The van der Waals surface area contributed by atoms with Crippen molar-refractivity contribution in [2.75, 3.05) is 13.6 Å². The zero-order chi connectivity index (χ0) is 8.69. The molecule has 0 aromatic carbocycles. The summed E-state index contributed by atoms with van der Waals surface area (Å²) < 4.78 is 0. The molecule has 1 amide bonds. The second-order valence-electron chi connectivity index (χ2n) is 2.04. The van der Waals surface area contributed by atoms with Crippen molar-refractivity contribution in [1.29, 1.82) is 0 Å². The molecule has 0 fully saturated rings. The van der Waals surface area contributed by atoms with Gasteiger partial charge in [-0.1, -0.05) is 12.0 Å². The number of hydrazine groups is 1. The van der Waals surface area contributed by atoms with Gasteiger partial charge in [0.05, 0.1) is 6.54 Å². The van der Waals surface area contributed by atoms with E-state index in [1.807, 2.05) is 0 Å². The van der Waals surface area contributed by atoms with Gasteiger partial charge in [-0.2, -0.15) is 0 Å². The van der Waals surface area contributed by atoms with E-state index in [0.29, 0.717) is 6.54 Å². The van der Waals surface area contributed by atoms with E-state index < -0.39 is 0 Å². The first-order valence-electron chi connectivity index (χ1n) is 3.28. The van der Waals surface area contributed by atoms with Crippen LogP contribution in [0.15, 0.2) is 12.2 Å². The maximum Gasteiger partial charge on any atom is 0.257 e. The summed E-state index contributed by atoms with van der Waals surface area (Å²) in [6, 6.07) is 0. The number of terminal acetylenes is 1. The molecule has 0 aliphatic carbocycles. The molecule has 11 heavy (non-hydrogen) atoms. The highest BCUT2D eigenvalue weighted by molar-refractivity contribution is 5.86. The summed E-state index contributed by atoms with van der Waals surface area (Å²) >= 11 is 0. The number of hydrogen-bond acceptors (Lipinski definition) is 2. The molecular weight excluding hydrogens is 140 g/mol. The van der Waals surface area contributed by atoms with Crippen LogP contribution in [0.4, 0.5) is 0 Å². The monoisotopic (exact) mass is 152 g/mol. The van der Waals surface area contributed by atoms with Gasteiger partial charge in [0.15, 0.2) is 0 Å². The molecule has 0 aromatic rings. The Balaban J connectivity index is 3.68. The molecule has 0 bridgehead atoms. The molecule has 0 unspecified atom stereocenters. The van der Waals surface area contributed by atoms with Crippen LogP contribution < -0.4 is 5.43 Å². The molecule has 0 spiro atoms. The van der Waals surface area contributed by atoms with E-state index in [1.165, 1.54) is 6.08 Å². The molecule has 3 heteroatoms. The van der Waals surface area contributed by atoms with Crippen molar-refractivity contribution in [3.05, 3.63) is 12.2 Å². The van der Waals surface area contributed by atoms with Gasteiger partial charge in [-0.15, -0.1) is 6.42 Å². The quantitative estimate of drug-likeness (QED) is 0.355. The van der Waals surface area contributed by atoms with Gasteiger partial charge in [0.1, 0.15) is 0 Å². The summed E-state index contributed by atoms with van der Waals surface area (Å²) in [7, 11) is 1.71. The van der Waals surface area contributed by atoms with Gasteiger partial charge in [-0.05, 0) is 13.0 Å². The molecule has 0 saturated heterocycles. The third-order valence-corrected chi connectivity index (χ3v) is 0.948. The fourth-order valence-electron chi connectivity index (χ4n) is 0.553. The molecule has 0 radical (unpaired) electrons. The standard InChI is InChI=1S/C8H12N2O/c1-4-6-8(11)9-10(3)7-5-2/h2,4,6H,7H2,1,3H3,(H,9,11). The number of hydrogen-bond donors (Lipinski definition) is 1. The summed E-state index contributed by atoms with van der Waals surface area (Å²) in [5, 5.41) is 1.54. The molecule has 0 rings (SSSR count). The predicted octanol–water partition coefficient (Wildman–Crippen LogP) is 0.159. The molecule has 0 saturated carbocycles. The van der Waals surface area contributed by atoms with Crippen molar-refractivity contribution in [3.8, 4) is 12.3 Å². The van der Waals surface area contributed by atoms with Crippen LogP contribution in [0, 0.1) is 12.3 Å². The van der Waals surface area contributed by atoms with Crippen molar-refractivity contribution in [3.63, 3.8) is 0 Å². The number of nitrogens with one attached hydrogen (secondary N) is 1. The van der Waals surface area contributed by atoms with E-state index in [1.54, 1.807) is 25.1 Å². The number of carbonyl (C=O) groups is 1. The summed E-state index contributed by atoms with van der Waals surface area (Å²) in [4.78, 5) is 10.8. The van der Waals surface area contributed by atoms with Gasteiger partial charge in [-0.3, -0.25) is 10.2 Å². The average Bonchev–Trinajstić information content (AvgIpc) is 1.87. The lowest BCUT2D eigenvalue weighted by Gasteiger charge is -2.12. The molecule has 0 atom stereocenters. The molecule has 0 heterocycles. The van der Waals surface area contributed by atoms with E-state index >= 15 is 0 Å². The summed E-state index contributed by atoms with van der Waals surface area (Å²) in [5.41, 5.74) is 2.55. The largest absolute Gasteiger partial charge is 0.285 e. The molecule has 0 aliphatic rings. The Labute approximate surface area is 67.0 Å². The molecule has 1 N–H and O–H groups in total. The van der Waals surface area contributed by atoms with Gasteiger partial charge < -0.3 is 0 Å². The Bertz CT molecular complexity index is 191. The molecular formula is C8H12N2O. The Morgan fingerprint density at radius 1 is 1.82 bits per heavy atom. The fraction of sp³-hybridized carbons (Fsp3) is 0.375. The van der Waals surface area contributed by atoms with E-state index in [0.717, 1.165) is 0 Å². The average molecular weight is 152 g/mol. The second-order valence-corrected chi connectivity index (χ2v) is 2.04. The Kier molecular flexibility index (Phi) is 4.87. The Morgan fingerprint density at radius 3 is 2.91 bits per heavy atom. The van der Waals surface area contributed by atoms with Crippen LogP contribution >= 0.6 is 0 Å². The van der Waals surface area contributed by atoms with Gasteiger partial charge in [-0.25, -0.2) is 5.01 Å². The van der Waals surface area contributed by atoms with Crippen LogP contribution in [0.5, 0.6) is 0 Å². The van der Waals surface area contributed by atoms with Crippen LogP contribution in [0.3, 0.4) is 0 Å². The van der Waals surface area contributed by atoms with Crippen LogP contribution in [-0.4, -0.2) is 24.5 Å². The van der Waals surface area contributed by atoms with Crippen molar-refractivity contribution >= 4 is 5.91 Å². The van der Waals surface area contributed by atoms with Gasteiger partial charge >= 0.3 is 0 Å². The maximum atomic E-state index is 10.8. The minimum absolute atomic E-state index is 0.162. The van der Waals surface area contributed by atoms with E-state index in [4.69, 9.17) is 6.42 Å². The predicted molar refractivity (Wildman–Crippen MR) is 44.4 cm³/mol. The van der Waals surface area contributed by atoms with Crippen LogP contribution in [0.25, 0.3) is 0 Å². The summed E-state index contributed by atoms with van der Waals surface area (Å²) in [5.74, 6) is 2.24. The lowest BCUT2D eigenvalue weighted by molar-refractivity contribution is -0.120. The van der Waals surface area contributed by atoms with Crippen molar-refractivity contribution in [2.24, 2.45) is 0 Å². The lowest BCUT2D eigenvalue weighted by atomic mass is 10.5. The third kappa shape index (κ3) is 5.19. The van der Waals surface area contributed by atoms with Gasteiger partial charge in [0.25, 0.3) is 5.91 Å². The second kappa shape index (κ2) is 5.51. The minimum Gasteiger partial charge on any atom is -0.285 e. The first-order valence-corrected chi connectivity index (χ1v) is 3.28. The van der Waals surface area contributed by atoms with Gasteiger partial charge in [0.2, 0.25) is 0 Å². The topological polar surface area (TPSA) is 32.3 Å². The smallest absolute Gasteiger partial charge is 0.257 e. The number of rotatable bonds is 3. The van der Waals surface area contributed by atoms with Crippen molar-refractivity contribution < 1.29 is 4.79 Å². The highest BCUT2D eigenvalue weighted by Crippen LogP contribution is 1.76. The van der Waals surface area contributed by atoms with Crippen molar-refractivity contribution in [1.82, 2.24) is 10.4 Å². The zero-order valence-electron chi connectivity index (χ0n) is 6.79. The number of nitrogens with zero attached hydrogens (tertiary/aromatic N) is 1. The highest BCUT2D eigenvalue weighted by atomic mass is 16.2. The summed E-state index contributed by atoms with van der Waals surface area (Å²) in [6.07, 6.45) is 8.12. The van der Waals surface area contributed by atoms with E-state index in [9.17, 15) is 4.79 Å². The SMILES string of the molecule is C#CCN(C)NC(=O)C=CC. The van der Waals surface area contributed by atoms with Crippen LogP contribution in [-0.2, 0) is 4.79 Å². The van der Waals surface area contributed by atoms with Crippen LogP contribution in [0.1, 0.15) is 6.92 Å².